The van der Waals surface area contributed by atoms with Gasteiger partial charge in [-0.25, -0.2) is 0 Å². The molecule has 2 heteroatoms. The second kappa shape index (κ2) is 7.08. The first kappa shape index (κ1) is 15.9. The van der Waals surface area contributed by atoms with E-state index in [2.05, 4.69) is 110 Å². The van der Waals surface area contributed by atoms with E-state index in [0.717, 1.165) is 6.29 Å². The van der Waals surface area contributed by atoms with E-state index in [1.807, 2.05) is 0 Å². The van der Waals surface area contributed by atoms with Crippen molar-refractivity contribution in [2.45, 2.75) is 0 Å². The quantitative estimate of drug-likeness (QED) is 0.650. The predicted octanol–water partition coefficient (Wildman–Crippen LogP) is 3.50. The highest BCUT2D eigenvalue weighted by Gasteiger charge is 2.45. The lowest BCUT2D eigenvalue weighted by Crippen LogP contribution is -2.37. The molecule has 0 N–H and O–H groups in total. The molecule has 3 rings (SSSR count). The molecule has 0 aliphatic carbocycles. The fraction of sp³-hybridized carbons (Fsp3) is 0.143. The third-order valence-corrected chi connectivity index (χ3v) is 8.61. The Hall–Kier alpha value is -1.95. The fourth-order valence-electron chi connectivity index (χ4n) is 3.16. The SMILES string of the molecule is CN(C)C[P+](c1ccccc1)(c1ccccc1)c1ccccc1. The summed E-state index contributed by atoms with van der Waals surface area (Å²) in [5, 5.41) is 4.31. The van der Waals surface area contributed by atoms with Crippen molar-refractivity contribution in [1.29, 1.82) is 0 Å². The molecular weight excluding hydrogens is 297 g/mol. The van der Waals surface area contributed by atoms with Crippen molar-refractivity contribution in [3.05, 3.63) is 91.0 Å². The van der Waals surface area contributed by atoms with Crippen LogP contribution in [-0.2, 0) is 0 Å². The third kappa shape index (κ3) is 3.22. The summed E-state index contributed by atoms with van der Waals surface area (Å²) < 4.78 is 0. The van der Waals surface area contributed by atoms with Crippen molar-refractivity contribution in [1.82, 2.24) is 4.90 Å². The van der Waals surface area contributed by atoms with E-state index in [4.69, 9.17) is 0 Å². The molecule has 0 heterocycles. The highest BCUT2D eigenvalue weighted by Crippen LogP contribution is 2.55. The molecule has 0 unspecified atom stereocenters. The number of nitrogens with zero attached hydrogens (tertiary/aromatic N) is 1. The van der Waals surface area contributed by atoms with E-state index >= 15 is 0 Å². The highest BCUT2D eigenvalue weighted by atomic mass is 31.2. The minimum atomic E-state index is -1.68. The van der Waals surface area contributed by atoms with Crippen LogP contribution in [-0.4, -0.2) is 25.3 Å². The Morgan fingerprint density at radius 2 is 0.870 bits per heavy atom. The Kier molecular flexibility index (Phi) is 4.91. The zero-order valence-corrected chi connectivity index (χ0v) is 14.7. The second-order valence-electron chi connectivity index (χ2n) is 6.04. The number of hydrogen-bond acceptors (Lipinski definition) is 1. The second-order valence-corrected chi connectivity index (χ2v) is 9.49. The van der Waals surface area contributed by atoms with E-state index in [1.165, 1.54) is 15.9 Å². The van der Waals surface area contributed by atoms with Crippen molar-refractivity contribution in [2.75, 3.05) is 20.4 Å². The van der Waals surface area contributed by atoms with Crippen LogP contribution in [0.3, 0.4) is 0 Å². The van der Waals surface area contributed by atoms with Gasteiger partial charge in [0.15, 0.2) is 0 Å². The largest absolute Gasteiger partial charge is 0.277 e. The Bertz CT molecular complexity index is 627. The molecule has 1 nitrogen and oxygen atoms in total. The molecule has 0 aromatic heterocycles. The van der Waals surface area contributed by atoms with Crippen LogP contribution in [0.4, 0.5) is 0 Å². The number of benzene rings is 3. The summed E-state index contributed by atoms with van der Waals surface area (Å²) in [7, 11) is 2.66. The molecule has 0 fully saturated rings. The van der Waals surface area contributed by atoms with E-state index in [0.29, 0.717) is 0 Å². The maximum absolute atomic E-state index is 2.32. The normalized spacial score (nSPS) is 11.6. The first-order valence-corrected chi connectivity index (χ1v) is 9.90. The highest BCUT2D eigenvalue weighted by molar-refractivity contribution is 7.95. The van der Waals surface area contributed by atoms with Crippen LogP contribution in [0.15, 0.2) is 91.0 Å². The lowest BCUT2D eigenvalue weighted by Gasteiger charge is -2.29. The van der Waals surface area contributed by atoms with Crippen molar-refractivity contribution >= 4 is 23.2 Å². The Labute approximate surface area is 139 Å². The molecule has 23 heavy (non-hydrogen) atoms. The van der Waals surface area contributed by atoms with Crippen molar-refractivity contribution in [3.63, 3.8) is 0 Å². The summed E-state index contributed by atoms with van der Waals surface area (Å²) in [6.45, 7) is 0. The monoisotopic (exact) mass is 320 g/mol. The molecule has 0 amide bonds. The average Bonchev–Trinajstić information content (AvgIpc) is 2.62. The molecule has 0 saturated heterocycles. The number of rotatable bonds is 5. The zero-order chi connectivity index (χ0) is 16.1. The topological polar surface area (TPSA) is 3.24 Å². The van der Waals surface area contributed by atoms with Gasteiger partial charge in [-0.05, 0) is 50.5 Å². The lowest BCUT2D eigenvalue weighted by atomic mass is 10.4. The number of hydrogen-bond donors (Lipinski definition) is 0. The van der Waals surface area contributed by atoms with Crippen molar-refractivity contribution in [3.8, 4) is 0 Å². The summed E-state index contributed by atoms with van der Waals surface area (Å²) in [4.78, 5) is 2.32. The smallest absolute Gasteiger partial charge is 0.126 e. The summed E-state index contributed by atoms with van der Waals surface area (Å²) in [5.74, 6) is 0. The molecule has 0 bridgehead atoms. The van der Waals surface area contributed by atoms with Gasteiger partial charge in [0, 0.05) is 0 Å². The van der Waals surface area contributed by atoms with Crippen LogP contribution in [0.1, 0.15) is 0 Å². The lowest BCUT2D eigenvalue weighted by molar-refractivity contribution is 0.481. The molecule has 3 aromatic rings. The molecule has 0 spiro atoms. The molecule has 0 radical (unpaired) electrons. The average molecular weight is 320 g/mol. The first-order valence-electron chi connectivity index (χ1n) is 7.93. The Balaban J connectivity index is 2.30. The van der Waals surface area contributed by atoms with E-state index in [1.54, 1.807) is 0 Å². The summed E-state index contributed by atoms with van der Waals surface area (Å²) >= 11 is 0. The maximum atomic E-state index is 2.32. The van der Waals surface area contributed by atoms with Gasteiger partial charge in [0.2, 0.25) is 0 Å². The molecule has 0 saturated carbocycles. The van der Waals surface area contributed by atoms with Gasteiger partial charge in [-0.3, -0.25) is 4.90 Å². The van der Waals surface area contributed by atoms with Gasteiger partial charge >= 0.3 is 0 Å². The summed E-state index contributed by atoms with van der Waals surface area (Å²) in [6, 6.07) is 33.0. The summed E-state index contributed by atoms with van der Waals surface area (Å²) in [6.07, 6.45) is 1.03. The molecule has 116 valence electrons. The molecule has 0 aliphatic heterocycles. The van der Waals surface area contributed by atoms with Gasteiger partial charge in [-0.15, -0.1) is 0 Å². The minimum Gasteiger partial charge on any atom is -0.277 e. The standard InChI is InChI=1S/C21H23NP/c1-22(2)18-23(19-12-6-3-7-13-19,20-14-8-4-9-15-20)21-16-10-5-11-17-21/h3-17H,18H2,1-2H3/q+1. The predicted molar refractivity (Wildman–Crippen MR) is 104 cm³/mol. The maximum Gasteiger partial charge on any atom is 0.126 e. The van der Waals surface area contributed by atoms with E-state index in [9.17, 15) is 0 Å². The van der Waals surface area contributed by atoms with Crippen LogP contribution >= 0.6 is 7.26 Å². The van der Waals surface area contributed by atoms with Gasteiger partial charge in [0.1, 0.15) is 29.5 Å². The van der Waals surface area contributed by atoms with Crippen LogP contribution < -0.4 is 15.9 Å². The Morgan fingerprint density at radius 1 is 0.565 bits per heavy atom. The molecule has 0 atom stereocenters. The first-order chi connectivity index (χ1) is 11.2. The molecular formula is C21H23NP+. The van der Waals surface area contributed by atoms with Crippen molar-refractivity contribution in [2.24, 2.45) is 0 Å². The van der Waals surface area contributed by atoms with Gasteiger partial charge in [-0.1, -0.05) is 54.6 Å². The van der Waals surface area contributed by atoms with Gasteiger partial charge in [0.05, 0.1) is 0 Å². The van der Waals surface area contributed by atoms with Crippen LogP contribution in [0.25, 0.3) is 0 Å². The molecule has 3 aromatic carbocycles. The minimum absolute atomic E-state index is 1.03. The van der Waals surface area contributed by atoms with E-state index < -0.39 is 7.26 Å². The summed E-state index contributed by atoms with van der Waals surface area (Å²) in [5.41, 5.74) is 0. The fourth-order valence-corrected chi connectivity index (χ4v) is 7.44. The zero-order valence-electron chi connectivity index (χ0n) is 13.8. The van der Waals surface area contributed by atoms with Gasteiger partial charge in [-0.2, -0.15) is 0 Å². The van der Waals surface area contributed by atoms with Gasteiger partial charge < -0.3 is 0 Å². The van der Waals surface area contributed by atoms with E-state index in [-0.39, 0.29) is 0 Å². The van der Waals surface area contributed by atoms with Gasteiger partial charge in [0.25, 0.3) is 0 Å². The van der Waals surface area contributed by atoms with Crippen LogP contribution in [0.2, 0.25) is 0 Å². The van der Waals surface area contributed by atoms with Crippen LogP contribution in [0.5, 0.6) is 0 Å². The van der Waals surface area contributed by atoms with Crippen LogP contribution in [0, 0.1) is 0 Å². The van der Waals surface area contributed by atoms with Crippen molar-refractivity contribution < 1.29 is 0 Å². The Morgan fingerprint density at radius 3 is 1.13 bits per heavy atom. The third-order valence-electron chi connectivity index (χ3n) is 4.09. The molecule has 0 aliphatic rings.